The average molecular weight is 265 g/mol. The van der Waals surface area contributed by atoms with Crippen molar-refractivity contribution in [3.63, 3.8) is 0 Å². The summed E-state index contributed by atoms with van der Waals surface area (Å²) in [5, 5.41) is 7.76. The SMILES string of the molecule is Cc1nnc(Oc2ccc(F)cc2F)c(CN)c1C. The zero-order valence-corrected chi connectivity index (χ0v) is 10.6. The number of aromatic nitrogens is 2. The van der Waals surface area contributed by atoms with E-state index >= 15 is 0 Å². The van der Waals surface area contributed by atoms with E-state index < -0.39 is 11.6 Å². The Morgan fingerprint density at radius 2 is 1.95 bits per heavy atom. The summed E-state index contributed by atoms with van der Waals surface area (Å²) < 4.78 is 31.6. The molecule has 1 aromatic heterocycles. The van der Waals surface area contributed by atoms with Crippen LogP contribution in [0.1, 0.15) is 16.8 Å². The van der Waals surface area contributed by atoms with Crippen molar-refractivity contribution in [1.82, 2.24) is 10.2 Å². The van der Waals surface area contributed by atoms with Crippen LogP contribution in [0.3, 0.4) is 0 Å². The van der Waals surface area contributed by atoms with E-state index in [4.69, 9.17) is 10.5 Å². The van der Waals surface area contributed by atoms with Gasteiger partial charge in [0.05, 0.1) is 5.69 Å². The topological polar surface area (TPSA) is 61.0 Å². The normalized spacial score (nSPS) is 10.6. The maximum Gasteiger partial charge on any atom is 0.243 e. The standard InChI is InChI=1S/C13H13F2N3O/c1-7-8(2)17-18-13(10(7)6-16)19-12-4-3-9(14)5-11(12)15/h3-5H,6,16H2,1-2H3. The molecule has 100 valence electrons. The van der Waals surface area contributed by atoms with Crippen molar-refractivity contribution < 1.29 is 13.5 Å². The van der Waals surface area contributed by atoms with E-state index in [1.54, 1.807) is 6.92 Å². The molecule has 0 unspecified atom stereocenters. The molecule has 4 nitrogen and oxygen atoms in total. The number of aryl methyl sites for hydroxylation is 1. The van der Waals surface area contributed by atoms with E-state index in [1.165, 1.54) is 6.07 Å². The second-order valence-electron chi connectivity index (χ2n) is 4.08. The number of nitrogens with zero attached hydrogens (tertiary/aromatic N) is 2. The molecule has 1 aromatic carbocycles. The highest BCUT2D eigenvalue weighted by atomic mass is 19.1. The minimum Gasteiger partial charge on any atom is -0.434 e. The predicted molar refractivity (Wildman–Crippen MR) is 65.8 cm³/mol. The maximum absolute atomic E-state index is 13.5. The van der Waals surface area contributed by atoms with Crippen molar-refractivity contribution in [3.05, 3.63) is 46.7 Å². The summed E-state index contributed by atoms with van der Waals surface area (Å²) in [6.45, 7) is 3.82. The zero-order valence-electron chi connectivity index (χ0n) is 10.6. The van der Waals surface area contributed by atoms with E-state index in [-0.39, 0.29) is 18.2 Å². The number of hydrogen-bond donors (Lipinski definition) is 1. The quantitative estimate of drug-likeness (QED) is 0.926. The third-order valence-electron chi connectivity index (χ3n) is 2.85. The van der Waals surface area contributed by atoms with E-state index in [2.05, 4.69) is 10.2 Å². The average Bonchev–Trinajstić information content (AvgIpc) is 2.37. The van der Waals surface area contributed by atoms with Crippen LogP contribution in [-0.4, -0.2) is 10.2 Å². The summed E-state index contributed by atoms with van der Waals surface area (Å²) in [5.41, 5.74) is 7.86. The molecular formula is C13H13F2N3O. The Labute approximate surface area is 109 Å². The second-order valence-corrected chi connectivity index (χ2v) is 4.08. The fraction of sp³-hybridized carbons (Fsp3) is 0.231. The number of hydrogen-bond acceptors (Lipinski definition) is 4. The van der Waals surface area contributed by atoms with Crippen molar-refractivity contribution in [2.75, 3.05) is 0 Å². The first-order valence-corrected chi connectivity index (χ1v) is 5.68. The monoisotopic (exact) mass is 265 g/mol. The van der Waals surface area contributed by atoms with Gasteiger partial charge in [0.2, 0.25) is 5.88 Å². The highest BCUT2D eigenvalue weighted by Gasteiger charge is 2.14. The van der Waals surface area contributed by atoms with Crippen LogP contribution in [-0.2, 0) is 6.54 Å². The summed E-state index contributed by atoms with van der Waals surface area (Å²) in [4.78, 5) is 0. The summed E-state index contributed by atoms with van der Waals surface area (Å²) >= 11 is 0. The molecule has 0 aliphatic carbocycles. The number of halogens is 2. The van der Waals surface area contributed by atoms with Crippen molar-refractivity contribution >= 4 is 0 Å². The lowest BCUT2D eigenvalue weighted by atomic mass is 10.1. The van der Waals surface area contributed by atoms with Crippen molar-refractivity contribution in [1.29, 1.82) is 0 Å². The lowest BCUT2D eigenvalue weighted by Crippen LogP contribution is -2.07. The largest absolute Gasteiger partial charge is 0.434 e. The maximum atomic E-state index is 13.5. The van der Waals surface area contributed by atoms with Crippen molar-refractivity contribution in [2.24, 2.45) is 5.73 Å². The molecular weight excluding hydrogens is 252 g/mol. The molecule has 0 amide bonds. The fourth-order valence-corrected chi connectivity index (χ4v) is 1.62. The van der Waals surface area contributed by atoms with Gasteiger partial charge < -0.3 is 10.5 Å². The Bertz CT molecular complexity index is 617. The number of rotatable bonds is 3. The van der Waals surface area contributed by atoms with Gasteiger partial charge in [-0.2, -0.15) is 5.10 Å². The lowest BCUT2D eigenvalue weighted by Gasteiger charge is -2.12. The number of ether oxygens (including phenoxy) is 1. The minimum absolute atomic E-state index is 0.117. The van der Waals surface area contributed by atoms with E-state index in [9.17, 15) is 8.78 Å². The third-order valence-corrected chi connectivity index (χ3v) is 2.85. The molecule has 0 spiro atoms. The van der Waals surface area contributed by atoms with Crippen LogP contribution < -0.4 is 10.5 Å². The van der Waals surface area contributed by atoms with Crippen molar-refractivity contribution in [3.8, 4) is 11.6 Å². The first kappa shape index (κ1) is 13.4. The Hall–Kier alpha value is -2.08. The van der Waals surface area contributed by atoms with Gasteiger partial charge in [-0.05, 0) is 31.5 Å². The van der Waals surface area contributed by atoms with Crippen LogP contribution in [0.5, 0.6) is 11.6 Å². The number of nitrogens with two attached hydrogens (primary N) is 1. The Balaban J connectivity index is 2.41. The van der Waals surface area contributed by atoms with Gasteiger partial charge in [-0.3, -0.25) is 0 Å². The van der Waals surface area contributed by atoms with Gasteiger partial charge in [0.25, 0.3) is 0 Å². The zero-order chi connectivity index (χ0) is 14.0. The third kappa shape index (κ3) is 2.68. The van der Waals surface area contributed by atoms with Crippen LogP contribution >= 0.6 is 0 Å². The van der Waals surface area contributed by atoms with Crippen LogP contribution in [0.25, 0.3) is 0 Å². The highest BCUT2D eigenvalue weighted by molar-refractivity contribution is 5.38. The Morgan fingerprint density at radius 1 is 1.21 bits per heavy atom. The summed E-state index contributed by atoms with van der Waals surface area (Å²) in [7, 11) is 0. The van der Waals surface area contributed by atoms with Crippen LogP contribution in [0.4, 0.5) is 8.78 Å². The molecule has 2 aromatic rings. The predicted octanol–water partition coefficient (Wildman–Crippen LogP) is 2.62. The Morgan fingerprint density at radius 3 is 2.58 bits per heavy atom. The van der Waals surface area contributed by atoms with Crippen LogP contribution in [0.2, 0.25) is 0 Å². The first-order valence-electron chi connectivity index (χ1n) is 5.68. The molecule has 0 radical (unpaired) electrons. The molecule has 0 bridgehead atoms. The smallest absolute Gasteiger partial charge is 0.243 e. The molecule has 6 heteroatoms. The van der Waals surface area contributed by atoms with Crippen LogP contribution in [0, 0.1) is 25.5 Å². The summed E-state index contributed by atoms with van der Waals surface area (Å²) in [6, 6.07) is 3.04. The molecule has 0 saturated carbocycles. The summed E-state index contributed by atoms with van der Waals surface area (Å²) in [6.07, 6.45) is 0. The molecule has 0 atom stereocenters. The van der Waals surface area contributed by atoms with E-state index in [0.29, 0.717) is 5.56 Å². The fourth-order valence-electron chi connectivity index (χ4n) is 1.62. The van der Waals surface area contributed by atoms with Gasteiger partial charge >= 0.3 is 0 Å². The number of benzene rings is 1. The molecule has 2 N–H and O–H groups in total. The van der Waals surface area contributed by atoms with Gasteiger partial charge in [-0.1, -0.05) is 0 Å². The molecule has 19 heavy (non-hydrogen) atoms. The van der Waals surface area contributed by atoms with E-state index in [1.807, 2.05) is 6.92 Å². The molecule has 0 saturated heterocycles. The van der Waals surface area contributed by atoms with Gasteiger partial charge in [0, 0.05) is 18.2 Å². The Kier molecular flexibility index (Phi) is 3.71. The van der Waals surface area contributed by atoms with Gasteiger partial charge in [-0.25, -0.2) is 8.78 Å². The summed E-state index contributed by atoms with van der Waals surface area (Å²) in [5.74, 6) is -1.46. The van der Waals surface area contributed by atoms with Gasteiger partial charge in [0.1, 0.15) is 5.82 Å². The molecule has 2 rings (SSSR count). The molecule has 0 aliphatic heterocycles. The van der Waals surface area contributed by atoms with Gasteiger partial charge in [-0.15, -0.1) is 5.10 Å². The molecule has 1 heterocycles. The van der Waals surface area contributed by atoms with E-state index in [0.717, 1.165) is 23.4 Å². The van der Waals surface area contributed by atoms with Gasteiger partial charge in [0.15, 0.2) is 11.6 Å². The first-order chi connectivity index (χ1) is 9.02. The highest BCUT2D eigenvalue weighted by Crippen LogP contribution is 2.27. The molecule has 0 fully saturated rings. The van der Waals surface area contributed by atoms with Crippen LogP contribution in [0.15, 0.2) is 18.2 Å². The van der Waals surface area contributed by atoms with Crippen molar-refractivity contribution in [2.45, 2.75) is 20.4 Å². The second kappa shape index (κ2) is 5.27. The molecule has 0 aliphatic rings. The lowest BCUT2D eigenvalue weighted by molar-refractivity contribution is 0.412. The minimum atomic E-state index is -0.803.